The molecule has 0 spiro atoms. The molecule has 21 heavy (non-hydrogen) atoms. The summed E-state index contributed by atoms with van der Waals surface area (Å²) >= 11 is 0. The number of nitrogens with one attached hydrogen (secondary N) is 2. The molecule has 1 aromatic heterocycles. The number of hydrogen-bond donors (Lipinski definition) is 2. The van der Waals surface area contributed by atoms with Gasteiger partial charge in [0.25, 0.3) is 5.91 Å². The molecule has 1 amide bonds. The first-order valence-corrected chi connectivity index (χ1v) is 7.72. The van der Waals surface area contributed by atoms with E-state index in [1.807, 2.05) is 20.8 Å². The number of aromatic nitrogens is 1. The van der Waals surface area contributed by atoms with Crippen LogP contribution < -0.4 is 10.7 Å². The van der Waals surface area contributed by atoms with Gasteiger partial charge in [-0.15, -0.1) is 0 Å². The molecule has 1 aliphatic heterocycles. The van der Waals surface area contributed by atoms with Crippen LogP contribution >= 0.6 is 0 Å². The molecular formula is C16H25N3O2. The summed E-state index contributed by atoms with van der Waals surface area (Å²) in [6, 6.07) is 1.88. The van der Waals surface area contributed by atoms with E-state index < -0.39 is 0 Å². The number of H-pyrrole nitrogens is 1. The molecule has 1 fully saturated rings. The number of pyridine rings is 1. The van der Waals surface area contributed by atoms with Gasteiger partial charge in [0.2, 0.25) is 0 Å². The van der Waals surface area contributed by atoms with E-state index in [4.69, 9.17) is 0 Å². The Morgan fingerprint density at radius 2 is 2.19 bits per heavy atom. The van der Waals surface area contributed by atoms with Crippen LogP contribution in [-0.2, 0) is 0 Å². The van der Waals surface area contributed by atoms with Crippen LogP contribution in [0.4, 0.5) is 0 Å². The van der Waals surface area contributed by atoms with Crippen LogP contribution in [0.15, 0.2) is 17.1 Å². The molecule has 5 nitrogen and oxygen atoms in total. The van der Waals surface area contributed by atoms with Gasteiger partial charge < -0.3 is 15.2 Å². The van der Waals surface area contributed by atoms with Gasteiger partial charge in [0, 0.05) is 36.6 Å². The summed E-state index contributed by atoms with van der Waals surface area (Å²) in [5.41, 5.74) is 0.783. The number of hydrogen-bond acceptors (Lipinski definition) is 3. The molecule has 0 bridgehead atoms. The predicted octanol–water partition coefficient (Wildman–Crippen LogP) is 1.68. The molecule has 1 aromatic rings. The van der Waals surface area contributed by atoms with Crippen LogP contribution in [0.3, 0.4) is 0 Å². The largest absolute Gasteiger partial charge is 0.364 e. The number of rotatable bonds is 4. The second-order valence-electron chi connectivity index (χ2n) is 6.09. The van der Waals surface area contributed by atoms with E-state index >= 15 is 0 Å². The van der Waals surface area contributed by atoms with E-state index in [9.17, 15) is 9.59 Å². The van der Waals surface area contributed by atoms with Crippen LogP contribution in [0, 0.1) is 6.92 Å². The molecule has 0 radical (unpaired) electrons. The zero-order chi connectivity index (χ0) is 15.4. The zero-order valence-electron chi connectivity index (χ0n) is 13.1. The van der Waals surface area contributed by atoms with Crippen molar-refractivity contribution in [1.29, 1.82) is 0 Å². The molecule has 1 saturated heterocycles. The van der Waals surface area contributed by atoms with E-state index in [0.717, 1.165) is 18.7 Å². The molecular weight excluding hydrogens is 266 g/mol. The van der Waals surface area contributed by atoms with Crippen LogP contribution in [-0.4, -0.2) is 41.0 Å². The standard InChI is InChI=1S/C16H25N3O2/c1-11(2)19(10-13-6-4-5-7-17-13)16(21)14-9-18-12(3)8-15(14)20/h8-9,11,13,17H,4-7,10H2,1-3H3,(H,18,20). The summed E-state index contributed by atoms with van der Waals surface area (Å²) in [4.78, 5) is 29.4. The van der Waals surface area contributed by atoms with Gasteiger partial charge >= 0.3 is 0 Å². The van der Waals surface area contributed by atoms with Gasteiger partial charge in [-0.2, -0.15) is 0 Å². The Bertz CT molecular complexity index is 545. The normalized spacial score (nSPS) is 18.8. The first kappa shape index (κ1) is 15.8. The van der Waals surface area contributed by atoms with Crippen LogP contribution in [0.2, 0.25) is 0 Å². The summed E-state index contributed by atoms with van der Waals surface area (Å²) in [7, 11) is 0. The Labute approximate surface area is 125 Å². The van der Waals surface area contributed by atoms with Gasteiger partial charge in [0.05, 0.1) is 0 Å². The second-order valence-corrected chi connectivity index (χ2v) is 6.09. The SMILES string of the molecule is Cc1cc(=O)c(C(=O)N(CC2CCCCN2)C(C)C)c[nH]1. The predicted molar refractivity (Wildman–Crippen MR) is 83.6 cm³/mol. The first-order valence-electron chi connectivity index (χ1n) is 7.72. The lowest BCUT2D eigenvalue weighted by molar-refractivity contribution is 0.0675. The Balaban J connectivity index is 2.16. The van der Waals surface area contributed by atoms with Gasteiger partial charge in [-0.05, 0) is 40.2 Å². The summed E-state index contributed by atoms with van der Waals surface area (Å²) in [6.45, 7) is 7.45. The lowest BCUT2D eigenvalue weighted by atomic mass is 10.0. The molecule has 1 aliphatic rings. The third-order valence-corrected chi connectivity index (χ3v) is 4.00. The maximum Gasteiger partial charge on any atom is 0.259 e. The topological polar surface area (TPSA) is 65.2 Å². The van der Waals surface area contributed by atoms with E-state index in [0.29, 0.717) is 12.6 Å². The highest BCUT2D eigenvalue weighted by molar-refractivity contribution is 5.94. The summed E-state index contributed by atoms with van der Waals surface area (Å²) in [6.07, 6.45) is 5.01. The van der Waals surface area contributed by atoms with Crippen molar-refractivity contribution in [3.8, 4) is 0 Å². The van der Waals surface area contributed by atoms with Crippen molar-refractivity contribution in [3.63, 3.8) is 0 Å². The van der Waals surface area contributed by atoms with E-state index in [-0.39, 0.29) is 22.9 Å². The fourth-order valence-electron chi connectivity index (χ4n) is 2.74. The fourth-order valence-corrected chi connectivity index (χ4v) is 2.74. The Morgan fingerprint density at radius 3 is 2.76 bits per heavy atom. The van der Waals surface area contributed by atoms with Crippen molar-refractivity contribution >= 4 is 5.91 Å². The van der Waals surface area contributed by atoms with Crippen molar-refractivity contribution in [2.24, 2.45) is 0 Å². The third-order valence-electron chi connectivity index (χ3n) is 4.00. The minimum Gasteiger partial charge on any atom is -0.364 e. The number of aryl methyl sites for hydroxylation is 1. The number of carbonyl (C=O) groups excluding carboxylic acids is 1. The summed E-state index contributed by atoms with van der Waals surface area (Å²) in [5, 5.41) is 3.45. The van der Waals surface area contributed by atoms with Gasteiger partial charge in [0.1, 0.15) is 5.56 Å². The quantitative estimate of drug-likeness (QED) is 0.887. The zero-order valence-corrected chi connectivity index (χ0v) is 13.1. The summed E-state index contributed by atoms with van der Waals surface area (Å²) < 4.78 is 0. The highest BCUT2D eigenvalue weighted by Crippen LogP contribution is 2.12. The van der Waals surface area contributed by atoms with Crippen molar-refractivity contribution in [1.82, 2.24) is 15.2 Å². The first-order chi connectivity index (χ1) is 9.99. The maximum atomic E-state index is 12.7. The molecule has 0 aliphatic carbocycles. The van der Waals surface area contributed by atoms with Crippen LogP contribution in [0.25, 0.3) is 0 Å². The van der Waals surface area contributed by atoms with Gasteiger partial charge in [-0.25, -0.2) is 0 Å². The molecule has 2 N–H and O–H groups in total. The number of piperidine rings is 1. The van der Waals surface area contributed by atoms with Crippen LogP contribution in [0.1, 0.15) is 49.2 Å². The second kappa shape index (κ2) is 6.89. The average molecular weight is 291 g/mol. The van der Waals surface area contributed by atoms with E-state index in [2.05, 4.69) is 10.3 Å². The van der Waals surface area contributed by atoms with E-state index in [1.54, 1.807) is 4.90 Å². The highest BCUT2D eigenvalue weighted by atomic mass is 16.2. The monoisotopic (exact) mass is 291 g/mol. The number of amides is 1. The van der Waals surface area contributed by atoms with Gasteiger partial charge in [-0.3, -0.25) is 9.59 Å². The highest BCUT2D eigenvalue weighted by Gasteiger charge is 2.25. The molecule has 2 heterocycles. The number of nitrogens with zero attached hydrogens (tertiary/aromatic N) is 1. The lowest BCUT2D eigenvalue weighted by Crippen LogP contribution is -2.49. The smallest absolute Gasteiger partial charge is 0.259 e. The number of aromatic amines is 1. The lowest BCUT2D eigenvalue weighted by Gasteiger charge is -2.33. The molecule has 1 atom stereocenters. The fraction of sp³-hybridized carbons (Fsp3) is 0.625. The molecule has 2 rings (SSSR count). The molecule has 0 saturated carbocycles. The van der Waals surface area contributed by atoms with Gasteiger partial charge in [0.15, 0.2) is 5.43 Å². The van der Waals surface area contributed by atoms with Crippen LogP contribution in [0.5, 0.6) is 0 Å². The van der Waals surface area contributed by atoms with E-state index in [1.165, 1.54) is 25.1 Å². The maximum absolute atomic E-state index is 12.7. The average Bonchev–Trinajstić information content (AvgIpc) is 2.45. The Morgan fingerprint density at radius 1 is 1.43 bits per heavy atom. The molecule has 116 valence electrons. The van der Waals surface area contributed by atoms with Gasteiger partial charge in [-0.1, -0.05) is 6.42 Å². The Kier molecular flexibility index (Phi) is 5.17. The summed E-state index contributed by atoms with van der Waals surface area (Å²) in [5.74, 6) is -0.182. The number of carbonyl (C=O) groups is 1. The van der Waals surface area contributed by atoms with Crippen molar-refractivity contribution < 1.29 is 4.79 Å². The third kappa shape index (κ3) is 3.94. The molecule has 5 heteroatoms. The van der Waals surface area contributed by atoms with Crippen molar-refractivity contribution in [3.05, 3.63) is 33.7 Å². The van der Waals surface area contributed by atoms with Crippen molar-refractivity contribution in [2.75, 3.05) is 13.1 Å². The molecule has 0 aromatic carbocycles. The van der Waals surface area contributed by atoms with Crippen molar-refractivity contribution in [2.45, 2.75) is 52.1 Å². The molecule has 1 unspecified atom stereocenters. The Hall–Kier alpha value is -1.62. The minimum atomic E-state index is -0.210. The minimum absolute atomic E-state index is 0.0712.